The van der Waals surface area contributed by atoms with E-state index in [0.29, 0.717) is 5.75 Å². The van der Waals surface area contributed by atoms with Crippen LogP contribution in [0.3, 0.4) is 0 Å². The molecule has 0 unspecified atom stereocenters. The topological polar surface area (TPSA) is 91.4 Å². The van der Waals surface area contributed by atoms with E-state index in [0.717, 1.165) is 50.7 Å². The predicted octanol–water partition coefficient (Wildman–Crippen LogP) is 3.05. The number of β-lactam (4-membered cyclic amide) rings is 1. The number of nitrogens with zero attached hydrogens (tertiary/aromatic N) is 3. The average molecular weight is 581 g/mol. The number of fused-ring (bicyclic) bond motifs is 2. The molecule has 0 saturated carbocycles. The molecular weight excluding hydrogens is 550 g/mol. The van der Waals surface area contributed by atoms with Crippen molar-refractivity contribution in [1.82, 2.24) is 20.5 Å². The summed E-state index contributed by atoms with van der Waals surface area (Å²) in [6.07, 6.45) is 5.01. The maximum absolute atomic E-state index is 13.0. The van der Waals surface area contributed by atoms with Gasteiger partial charge in [-0.3, -0.25) is 19.3 Å². The number of hydrogen-bond donors (Lipinski definition) is 2. The molecular formula is C25H31ClN5O3S3+. The van der Waals surface area contributed by atoms with E-state index in [1.807, 2.05) is 43.5 Å². The first-order valence-corrected chi connectivity index (χ1v) is 15.2. The number of allylic oxidation sites excluding steroid dienone is 2. The van der Waals surface area contributed by atoms with E-state index >= 15 is 0 Å². The van der Waals surface area contributed by atoms with Crippen molar-refractivity contribution in [3.05, 3.63) is 47.7 Å². The molecule has 1 aromatic carbocycles. The second-order valence-corrected chi connectivity index (χ2v) is 13.2. The van der Waals surface area contributed by atoms with Gasteiger partial charge in [0, 0.05) is 18.7 Å². The van der Waals surface area contributed by atoms with E-state index in [-0.39, 0.29) is 28.6 Å². The smallest absolute Gasteiger partial charge is 0.269 e. The van der Waals surface area contributed by atoms with Gasteiger partial charge in [0.2, 0.25) is 5.91 Å². The number of likely N-dealkylation sites (N-methyl/N-ethyl adjacent to an activating group) is 1. The zero-order valence-corrected chi connectivity index (χ0v) is 24.2. The summed E-state index contributed by atoms with van der Waals surface area (Å²) in [5, 5.41) is 5.00. The van der Waals surface area contributed by atoms with Crippen LogP contribution in [0.15, 0.2) is 52.0 Å². The molecule has 2 amide bonds. The predicted molar refractivity (Wildman–Crippen MR) is 153 cm³/mol. The molecule has 2 aliphatic rings. The quantitative estimate of drug-likeness (QED) is 0.131. The van der Waals surface area contributed by atoms with Crippen LogP contribution in [0, 0.1) is 0 Å². The summed E-state index contributed by atoms with van der Waals surface area (Å²) in [4.78, 5) is 43.8. The van der Waals surface area contributed by atoms with Crippen molar-refractivity contribution in [3.8, 4) is 0 Å². The minimum Gasteiger partial charge on any atom is -0.341 e. The van der Waals surface area contributed by atoms with Gasteiger partial charge in [-0.05, 0) is 42.4 Å². The fourth-order valence-corrected chi connectivity index (χ4v) is 7.67. The monoisotopic (exact) mass is 580 g/mol. The molecule has 1 saturated heterocycles. The molecule has 8 nitrogen and oxygen atoms in total. The van der Waals surface area contributed by atoms with Gasteiger partial charge in [-0.25, -0.2) is 4.98 Å². The fourth-order valence-electron chi connectivity index (χ4n) is 4.26. The van der Waals surface area contributed by atoms with Gasteiger partial charge in [0.25, 0.3) is 11.1 Å². The highest BCUT2D eigenvalue weighted by Crippen LogP contribution is 2.41. The lowest BCUT2D eigenvalue weighted by Crippen LogP contribution is -2.70. The third kappa shape index (κ3) is 6.76. The molecule has 37 heavy (non-hydrogen) atoms. The van der Waals surface area contributed by atoms with E-state index < -0.39 is 11.3 Å². The molecule has 0 bridgehead atoms. The summed E-state index contributed by atoms with van der Waals surface area (Å²) in [7, 11) is 6.27. The Kier molecular flexibility index (Phi) is 9.36. The molecule has 1 fully saturated rings. The Morgan fingerprint density at radius 2 is 2.11 bits per heavy atom. The Bertz CT molecular complexity index is 1210. The molecule has 198 valence electrons. The Morgan fingerprint density at radius 3 is 2.84 bits per heavy atom. The van der Waals surface area contributed by atoms with Crippen molar-refractivity contribution in [2.75, 3.05) is 52.3 Å². The SMILES string of the molecule is CNCCC[N+](C)(C)CC=CC1=C(C(=O)Cl)N2C(=O)[C@@H](NC(=O)CSc3nc4ccccc4s3)[C@H]2SC1. The molecule has 1 aromatic heterocycles. The number of thiazole rings is 1. The van der Waals surface area contributed by atoms with Crippen molar-refractivity contribution >= 4 is 73.7 Å². The Balaban J connectivity index is 1.34. The minimum atomic E-state index is -0.673. The zero-order chi connectivity index (χ0) is 26.6. The minimum absolute atomic E-state index is 0.161. The number of amides is 2. The van der Waals surface area contributed by atoms with Crippen molar-refractivity contribution in [2.45, 2.75) is 22.2 Å². The molecule has 0 spiro atoms. The van der Waals surface area contributed by atoms with Crippen LogP contribution in [-0.2, 0) is 14.4 Å². The summed E-state index contributed by atoms with van der Waals surface area (Å²) in [6.45, 7) is 2.78. The highest BCUT2D eigenvalue weighted by Gasteiger charge is 2.53. The van der Waals surface area contributed by atoms with E-state index in [9.17, 15) is 14.4 Å². The number of para-hydroxylation sites is 1. The fraction of sp³-hybridized carbons (Fsp3) is 0.440. The molecule has 12 heteroatoms. The first-order valence-electron chi connectivity index (χ1n) is 12.0. The highest BCUT2D eigenvalue weighted by molar-refractivity contribution is 8.01. The summed E-state index contributed by atoms with van der Waals surface area (Å²) < 4.78 is 2.69. The van der Waals surface area contributed by atoms with Crippen molar-refractivity contribution in [2.24, 2.45) is 0 Å². The van der Waals surface area contributed by atoms with Crippen LogP contribution < -0.4 is 10.6 Å². The highest BCUT2D eigenvalue weighted by atomic mass is 35.5. The average Bonchev–Trinajstić information content (AvgIpc) is 3.28. The van der Waals surface area contributed by atoms with Crippen LogP contribution >= 0.6 is 46.5 Å². The first kappa shape index (κ1) is 28.1. The number of rotatable bonds is 12. The molecule has 0 aliphatic carbocycles. The number of carbonyl (C=O) groups excluding carboxylic acids is 3. The second-order valence-electron chi connectivity index (χ2n) is 9.54. The number of thioether (sulfide) groups is 2. The number of halogens is 1. The number of carbonyl (C=O) groups is 3. The lowest BCUT2D eigenvalue weighted by molar-refractivity contribution is -0.884. The van der Waals surface area contributed by atoms with E-state index in [2.05, 4.69) is 29.7 Å². The zero-order valence-electron chi connectivity index (χ0n) is 21.0. The summed E-state index contributed by atoms with van der Waals surface area (Å²) >= 11 is 10.3. The van der Waals surface area contributed by atoms with Gasteiger partial charge in [0.1, 0.15) is 17.1 Å². The van der Waals surface area contributed by atoms with Crippen LogP contribution in [0.5, 0.6) is 0 Å². The van der Waals surface area contributed by atoms with Gasteiger partial charge in [-0.2, -0.15) is 0 Å². The number of benzene rings is 1. The van der Waals surface area contributed by atoms with E-state index in [1.165, 1.54) is 39.8 Å². The molecule has 0 radical (unpaired) electrons. The van der Waals surface area contributed by atoms with Gasteiger partial charge in [0.15, 0.2) is 4.34 Å². The molecule has 2 aromatic rings. The van der Waals surface area contributed by atoms with Crippen LogP contribution in [0.25, 0.3) is 10.2 Å². The maximum atomic E-state index is 13.0. The van der Waals surface area contributed by atoms with Crippen molar-refractivity contribution in [3.63, 3.8) is 0 Å². The van der Waals surface area contributed by atoms with Gasteiger partial charge >= 0.3 is 0 Å². The van der Waals surface area contributed by atoms with Crippen LogP contribution in [0.2, 0.25) is 0 Å². The molecule has 2 atom stereocenters. The van der Waals surface area contributed by atoms with Crippen LogP contribution in [-0.4, -0.2) is 95.1 Å². The van der Waals surface area contributed by atoms with Gasteiger partial charge in [-0.1, -0.05) is 30.0 Å². The Morgan fingerprint density at radius 1 is 1.32 bits per heavy atom. The third-order valence-corrected chi connectivity index (χ3v) is 9.87. The molecule has 2 aliphatic heterocycles. The Hall–Kier alpha value is -1.89. The normalized spacial score (nSPS) is 19.9. The molecule has 2 N–H and O–H groups in total. The van der Waals surface area contributed by atoms with Crippen LogP contribution in [0.4, 0.5) is 0 Å². The third-order valence-electron chi connectivity index (χ3n) is 6.21. The van der Waals surface area contributed by atoms with Crippen molar-refractivity contribution in [1.29, 1.82) is 0 Å². The van der Waals surface area contributed by atoms with Gasteiger partial charge < -0.3 is 15.1 Å². The summed E-state index contributed by atoms with van der Waals surface area (Å²) in [6, 6.07) is 7.15. The van der Waals surface area contributed by atoms with Crippen molar-refractivity contribution < 1.29 is 18.9 Å². The van der Waals surface area contributed by atoms with E-state index in [4.69, 9.17) is 11.6 Å². The number of aromatic nitrogens is 1. The summed E-state index contributed by atoms with van der Waals surface area (Å²) in [5.41, 5.74) is 1.87. The largest absolute Gasteiger partial charge is 0.341 e. The number of nitrogens with one attached hydrogen (secondary N) is 2. The van der Waals surface area contributed by atoms with Gasteiger partial charge in [0.05, 0.1) is 43.2 Å². The number of hydrogen-bond acceptors (Lipinski definition) is 8. The van der Waals surface area contributed by atoms with Crippen LogP contribution in [0.1, 0.15) is 6.42 Å². The molecule has 4 rings (SSSR count). The van der Waals surface area contributed by atoms with Gasteiger partial charge in [-0.15, -0.1) is 23.1 Å². The first-order chi connectivity index (χ1) is 17.7. The number of quaternary nitrogens is 1. The standard InChI is InChI=1S/C25H30ClN5O3S3/c1-27-11-7-13-31(2,3)12-6-8-16-14-35-24-20(23(34)30(24)21(16)22(26)33)29-19(32)15-36-25-28-17-9-4-5-10-18(17)37-25/h4-6,8-10,20,24,27H,7,11-15H2,1-3H3/p+1/t20-,24-/m1/s1. The Labute approximate surface area is 234 Å². The summed E-state index contributed by atoms with van der Waals surface area (Å²) in [5.74, 6) is 0.149. The molecule has 3 heterocycles. The maximum Gasteiger partial charge on any atom is 0.269 e. The lowest BCUT2D eigenvalue weighted by atomic mass is 10.0. The second kappa shape index (κ2) is 12.3. The van der Waals surface area contributed by atoms with E-state index in [1.54, 1.807) is 0 Å². The lowest BCUT2D eigenvalue weighted by Gasteiger charge is -2.49.